The minimum Gasteiger partial charge on any atom is -0.404 e. The van der Waals surface area contributed by atoms with Gasteiger partial charge in [0.1, 0.15) is 0 Å². The maximum atomic E-state index is 13.3. The Balaban J connectivity index is 1.09. The molecule has 1 N–H and O–H groups in total. The molecule has 37 heavy (non-hydrogen) atoms. The number of oxime groups is 1. The van der Waals surface area contributed by atoms with E-state index in [1.165, 1.54) is 22.8 Å². The van der Waals surface area contributed by atoms with Crippen molar-refractivity contribution >= 4 is 29.5 Å². The van der Waals surface area contributed by atoms with Gasteiger partial charge in [-0.3, -0.25) is 4.79 Å². The molecule has 0 radical (unpaired) electrons. The summed E-state index contributed by atoms with van der Waals surface area (Å²) < 4.78 is 13.2. The topological polar surface area (TPSA) is 69.2 Å². The Labute approximate surface area is 220 Å². The first-order valence-corrected chi connectivity index (χ1v) is 14.0. The van der Waals surface area contributed by atoms with E-state index in [0.717, 1.165) is 18.6 Å². The van der Waals surface area contributed by atoms with Crippen LogP contribution in [0.4, 0.5) is 0 Å². The number of nitrogens with zero attached hydrogens (tertiary/aromatic N) is 1. The molecule has 0 spiro atoms. The van der Waals surface area contributed by atoms with E-state index in [1.54, 1.807) is 0 Å². The van der Waals surface area contributed by atoms with E-state index in [-0.39, 0.29) is 29.0 Å². The van der Waals surface area contributed by atoms with Crippen molar-refractivity contribution in [1.82, 2.24) is 5.32 Å². The van der Waals surface area contributed by atoms with E-state index < -0.39 is 13.2 Å². The summed E-state index contributed by atoms with van der Waals surface area (Å²) in [5.41, 5.74) is 2.06. The SMILES string of the molecule is CC(C)C[C@H](NC(=O)C1CC(Cc2ccc3ccccc3c2)=NO1)B1O[C@@H]2C[C@@H]3C[C@@H](C3(C)C)[C@]2(C)O1. The predicted octanol–water partition coefficient (Wildman–Crippen LogP) is 5.33. The van der Waals surface area contributed by atoms with Gasteiger partial charge < -0.3 is 19.5 Å². The lowest BCUT2D eigenvalue weighted by atomic mass is 9.43. The molecule has 2 aromatic rings. The van der Waals surface area contributed by atoms with Gasteiger partial charge in [0.25, 0.3) is 5.91 Å². The number of rotatable bonds is 7. The van der Waals surface area contributed by atoms with Gasteiger partial charge in [-0.1, -0.05) is 75.3 Å². The zero-order chi connectivity index (χ0) is 25.9. The third-order valence-corrected chi connectivity index (χ3v) is 9.59. The third-order valence-electron chi connectivity index (χ3n) is 9.59. The summed E-state index contributed by atoms with van der Waals surface area (Å²) in [5.74, 6) is 1.22. The van der Waals surface area contributed by atoms with Gasteiger partial charge in [-0.25, -0.2) is 0 Å². The Morgan fingerprint density at radius 3 is 2.68 bits per heavy atom. The summed E-state index contributed by atoms with van der Waals surface area (Å²) in [4.78, 5) is 18.9. The molecule has 2 heterocycles. The molecule has 3 aliphatic carbocycles. The molecule has 4 fully saturated rings. The van der Waals surface area contributed by atoms with Crippen molar-refractivity contribution in [3.8, 4) is 0 Å². The number of benzene rings is 2. The van der Waals surface area contributed by atoms with E-state index in [0.29, 0.717) is 30.6 Å². The zero-order valence-corrected chi connectivity index (χ0v) is 22.7. The standard InChI is InChI=1S/C30H39BN2O4/c1-18(2)12-27(31-35-26-16-22-15-25(29(22,3)4)30(26,5)37-31)32-28(34)24-17-23(33-36-24)14-19-10-11-20-8-6-7-9-21(20)13-19/h6-11,13,18,22,24-27H,12,14-17H2,1-5H3,(H,32,34)/t22-,24?,25-,26+,27-,30-/m0/s1. The van der Waals surface area contributed by atoms with Crippen molar-refractivity contribution in [3.05, 3.63) is 48.0 Å². The van der Waals surface area contributed by atoms with Gasteiger partial charge in [-0.05, 0) is 65.7 Å². The molecule has 1 saturated heterocycles. The minimum atomic E-state index is -0.615. The number of carbonyl (C=O) groups is 1. The largest absolute Gasteiger partial charge is 0.481 e. The summed E-state index contributed by atoms with van der Waals surface area (Å²) >= 11 is 0. The highest BCUT2D eigenvalue weighted by molar-refractivity contribution is 6.48. The Hall–Kier alpha value is -2.38. The fourth-order valence-electron chi connectivity index (χ4n) is 7.35. The second kappa shape index (κ2) is 9.13. The van der Waals surface area contributed by atoms with Gasteiger partial charge in [0.15, 0.2) is 0 Å². The molecule has 6 atom stereocenters. The Morgan fingerprint density at radius 2 is 1.92 bits per heavy atom. The molecule has 7 rings (SSSR count). The molecule has 1 unspecified atom stereocenters. The van der Waals surface area contributed by atoms with E-state index in [2.05, 4.69) is 75.4 Å². The van der Waals surface area contributed by atoms with E-state index in [4.69, 9.17) is 14.1 Å². The van der Waals surface area contributed by atoms with Crippen LogP contribution in [-0.2, 0) is 25.4 Å². The maximum absolute atomic E-state index is 13.3. The fourth-order valence-corrected chi connectivity index (χ4v) is 7.35. The second-order valence-corrected chi connectivity index (χ2v) is 12.9. The first-order chi connectivity index (χ1) is 17.6. The molecule has 2 aromatic carbocycles. The van der Waals surface area contributed by atoms with E-state index in [9.17, 15) is 4.79 Å². The number of hydrogen-bond acceptors (Lipinski definition) is 5. The van der Waals surface area contributed by atoms with Crippen molar-refractivity contribution in [2.45, 2.75) is 90.5 Å². The predicted molar refractivity (Wildman–Crippen MR) is 146 cm³/mol. The highest BCUT2D eigenvalue weighted by Gasteiger charge is 2.68. The third kappa shape index (κ3) is 4.38. The molecule has 5 aliphatic rings. The minimum absolute atomic E-state index is 0.0976. The molecule has 2 aliphatic heterocycles. The Kier molecular flexibility index (Phi) is 6.15. The summed E-state index contributed by atoms with van der Waals surface area (Å²) in [7, 11) is -0.434. The lowest BCUT2D eigenvalue weighted by Crippen LogP contribution is -2.65. The molecule has 2 bridgehead atoms. The highest BCUT2D eigenvalue weighted by atomic mass is 16.7. The van der Waals surface area contributed by atoms with Gasteiger partial charge >= 0.3 is 7.12 Å². The summed E-state index contributed by atoms with van der Waals surface area (Å²) in [5, 5.41) is 9.93. The average molecular weight is 502 g/mol. The van der Waals surface area contributed by atoms with Gasteiger partial charge in [0.2, 0.25) is 6.10 Å². The van der Waals surface area contributed by atoms with Crippen LogP contribution in [0.1, 0.15) is 65.9 Å². The van der Waals surface area contributed by atoms with Crippen LogP contribution in [0.2, 0.25) is 0 Å². The molecule has 1 amide bonds. The van der Waals surface area contributed by atoms with Gasteiger partial charge in [-0.2, -0.15) is 0 Å². The van der Waals surface area contributed by atoms with Crippen molar-refractivity contribution in [3.63, 3.8) is 0 Å². The molecule has 7 heteroatoms. The van der Waals surface area contributed by atoms with E-state index >= 15 is 0 Å². The Morgan fingerprint density at radius 1 is 1.14 bits per heavy atom. The summed E-state index contributed by atoms with van der Waals surface area (Å²) in [6.07, 6.45) is 3.70. The first kappa shape index (κ1) is 24.9. The monoisotopic (exact) mass is 502 g/mol. The van der Waals surface area contributed by atoms with Crippen LogP contribution in [0.25, 0.3) is 10.8 Å². The molecule has 3 saturated carbocycles. The molecular weight excluding hydrogens is 463 g/mol. The highest BCUT2D eigenvalue weighted by Crippen LogP contribution is 2.65. The molecule has 0 aromatic heterocycles. The second-order valence-electron chi connectivity index (χ2n) is 12.9. The summed E-state index contributed by atoms with van der Waals surface area (Å²) in [6, 6.07) is 14.8. The van der Waals surface area contributed by atoms with Crippen LogP contribution in [0.15, 0.2) is 47.6 Å². The van der Waals surface area contributed by atoms with Crippen LogP contribution in [0, 0.1) is 23.2 Å². The van der Waals surface area contributed by atoms with Gasteiger partial charge in [-0.15, -0.1) is 0 Å². The van der Waals surface area contributed by atoms with Crippen molar-refractivity contribution in [2.75, 3.05) is 0 Å². The van der Waals surface area contributed by atoms with E-state index in [1.807, 2.05) is 12.1 Å². The number of hydrogen-bond donors (Lipinski definition) is 1. The summed E-state index contributed by atoms with van der Waals surface area (Å²) in [6.45, 7) is 11.3. The number of nitrogens with one attached hydrogen (secondary N) is 1. The van der Waals surface area contributed by atoms with Crippen LogP contribution in [-0.4, -0.2) is 42.5 Å². The van der Waals surface area contributed by atoms with Crippen LogP contribution in [0.5, 0.6) is 0 Å². The van der Waals surface area contributed by atoms with Crippen molar-refractivity contribution < 1.29 is 18.9 Å². The Bertz CT molecular complexity index is 1230. The number of carbonyl (C=O) groups excluding carboxylic acids is 1. The normalized spacial score (nSPS) is 32.5. The zero-order valence-electron chi connectivity index (χ0n) is 22.7. The smallest absolute Gasteiger partial charge is 0.404 e. The van der Waals surface area contributed by atoms with Gasteiger partial charge in [0, 0.05) is 12.8 Å². The van der Waals surface area contributed by atoms with Crippen LogP contribution in [0.3, 0.4) is 0 Å². The first-order valence-electron chi connectivity index (χ1n) is 14.0. The average Bonchev–Trinajstić information content (AvgIpc) is 3.47. The molecule has 196 valence electrons. The van der Waals surface area contributed by atoms with Crippen LogP contribution >= 0.6 is 0 Å². The lowest BCUT2D eigenvalue weighted by Gasteiger charge is -2.64. The van der Waals surface area contributed by atoms with Crippen LogP contribution < -0.4 is 5.32 Å². The van der Waals surface area contributed by atoms with Crippen molar-refractivity contribution in [2.24, 2.45) is 28.3 Å². The van der Waals surface area contributed by atoms with Crippen molar-refractivity contribution in [1.29, 1.82) is 0 Å². The quantitative estimate of drug-likeness (QED) is 0.520. The number of amides is 1. The molecule has 6 nitrogen and oxygen atoms in total. The molecular formula is C30H39BN2O4. The number of fused-ring (bicyclic) bond motifs is 1. The lowest BCUT2D eigenvalue weighted by molar-refractivity contribution is -0.199. The van der Waals surface area contributed by atoms with Gasteiger partial charge in [0.05, 0.1) is 23.4 Å². The maximum Gasteiger partial charge on any atom is 0.481 e. The fraction of sp³-hybridized carbons (Fsp3) is 0.600.